The van der Waals surface area contributed by atoms with E-state index in [2.05, 4.69) is 10.6 Å². The van der Waals surface area contributed by atoms with E-state index >= 15 is 0 Å². The lowest BCUT2D eigenvalue weighted by molar-refractivity contribution is -0.154. The molecule has 0 bridgehead atoms. The van der Waals surface area contributed by atoms with Crippen LogP contribution in [0.2, 0.25) is 0 Å². The molecule has 1 aromatic heterocycles. The van der Waals surface area contributed by atoms with Crippen LogP contribution in [0.5, 0.6) is 0 Å². The normalized spacial score (nSPS) is 20.7. The van der Waals surface area contributed by atoms with Crippen LogP contribution in [-0.4, -0.2) is 46.5 Å². The van der Waals surface area contributed by atoms with Gasteiger partial charge in [-0.3, -0.25) is 4.79 Å². The van der Waals surface area contributed by atoms with Gasteiger partial charge >= 0.3 is 12.0 Å². The van der Waals surface area contributed by atoms with Crippen LogP contribution in [0.4, 0.5) is 4.79 Å². The maximum Gasteiger partial charge on any atom is 0.329 e. The summed E-state index contributed by atoms with van der Waals surface area (Å²) in [5.41, 5.74) is -1.19. The Labute approximate surface area is 127 Å². The maximum atomic E-state index is 12.1. The first-order valence-corrected chi connectivity index (χ1v) is 7.01. The van der Waals surface area contributed by atoms with E-state index in [-0.39, 0.29) is 13.1 Å². The molecule has 120 valence electrons. The Morgan fingerprint density at radius 3 is 2.82 bits per heavy atom. The molecule has 8 heteroatoms. The fourth-order valence-corrected chi connectivity index (χ4v) is 2.48. The molecule has 2 rings (SSSR count). The maximum absolute atomic E-state index is 12.1. The monoisotopic (exact) mass is 309 g/mol. The van der Waals surface area contributed by atoms with E-state index in [0.717, 1.165) is 0 Å². The van der Waals surface area contributed by atoms with Crippen molar-refractivity contribution in [3.8, 4) is 0 Å². The van der Waals surface area contributed by atoms with Crippen molar-refractivity contribution in [1.82, 2.24) is 15.5 Å². The van der Waals surface area contributed by atoms with Crippen LogP contribution < -0.4 is 10.6 Å². The Morgan fingerprint density at radius 2 is 2.18 bits per heavy atom. The molecule has 0 saturated carbocycles. The average molecular weight is 309 g/mol. The first-order chi connectivity index (χ1) is 10.4. The zero-order chi connectivity index (χ0) is 16.2. The minimum atomic E-state index is -1.19. The van der Waals surface area contributed by atoms with Crippen molar-refractivity contribution >= 4 is 17.9 Å². The number of carboxylic acids is 1. The van der Waals surface area contributed by atoms with E-state index < -0.39 is 23.4 Å². The third kappa shape index (κ3) is 3.38. The second-order valence-electron chi connectivity index (χ2n) is 5.34. The summed E-state index contributed by atoms with van der Waals surface area (Å²) in [7, 11) is 0. The number of carbonyl (C=O) groups excluding carboxylic acids is 2. The Kier molecular flexibility index (Phi) is 4.69. The van der Waals surface area contributed by atoms with Crippen LogP contribution in [0.1, 0.15) is 25.5 Å². The van der Waals surface area contributed by atoms with Gasteiger partial charge in [-0.05, 0) is 31.9 Å². The predicted molar refractivity (Wildman–Crippen MR) is 75.9 cm³/mol. The first-order valence-electron chi connectivity index (χ1n) is 7.01. The first kappa shape index (κ1) is 15.9. The number of furan rings is 1. The van der Waals surface area contributed by atoms with Gasteiger partial charge in [0.05, 0.1) is 19.4 Å². The lowest BCUT2D eigenvalue weighted by Crippen LogP contribution is -2.53. The highest BCUT2D eigenvalue weighted by atomic mass is 16.4. The molecule has 22 heavy (non-hydrogen) atoms. The Morgan fingerprint density at radius 1 is 1.41 bits per heavy atom. The summed E-state index contributed by atoms with van der Waals surface area (Å²) in [6, 6.07) is 2.91. The Hall–Kier alpha value is -2.51. The van der Waals surface area contributed by atoms with Crippen molar-refractivity contribution in [2.24, 2.45) is 0 Å². The molecule has 2 heterocycles. The number of nitrogens with one attached hydrogen (secondary N) is 2. The van der Waals surface area contributed by atoms with Gasteiger partial charge in [0.2, 0.25) is 5.91 Å². The van der Waals surface area contributed by atoms with Crippen molar-refractivity contribution in [2.75, 3.05) is 13.1 Å². The van der Waals surface area contributed by atoms with Gasteiger partial charge in [-0.2, -0.15) is 0 Å². The lowest BCUT2D eigenvalue weighted by Gasteiger charge is -2.31. The van der Waals surface area contributed by atoms with Crippen LogP contribution in [0, 0.1) is 0 Å². The fraction of sp³-hybridized carbons (Fsp3) is 0.500. The van der Waals surface area contributed by atoms with Crippen molar-refractivity contribution in [3.05, 3.63) is 24.2 Å². The molecule has 0 radical (unpaired) electrons. The smallest absolute Gasteiger partial charge is 0.329 e. The van der Waals surface area contributed by atoms with Crippen LogP contribution >= 0.6 is 0 Å². The number of nitrogens with zero attached hydrogens (tertiary/aromatic N) is 1. The molecule has 0 spiro atoms. The molecule has 0 aliphatic carbocycles. The summed E-state index contributed by atoms with van der Waals surface area (Å²) in [6.07, 6.45) is 2.55. The minimum Gasteiger partial charge on any atom is -0.480 e. The number of rotatable bonds is 5. The van der Waals surface area contributed by atoms with Gasteiger partial charge in [-0.1, -0.05) is 0 Å². The molecule has 1 aliphatic rings. The molecule has 3 N–H and O–H groups in total. The largest absolute Gasteiger partial charge is 0.480 e. The van der Waals surface area contributed by atoms with E-state index in [9.17, 15) is 19.5 Å². The number of hydrogen-bond donors (Lipinski definition) is 3. The van der Waals surface area contributed by atoms with Crippen molar-refractivity contribution < 1.29 is 23.9 Å². The van der Waals surface area contributed by atoms with E-state index in [1.807, 2.05) is 0 Å². The Bertz CT molecular complexity index is 557. The summed E-state index contributed by atoms with van der Waals surface area (Å²) in [5, 5.41) is 14.2. The van der Waals surface area contributed by atoms with Crippen LogP contribution in [0.25, 0.3) is 0 Å². The lowest BCUT2D eigenvalue weighted by atomic mass is 9.99. The van der Waals surface area contributed by atoms with E-state index in [4.69, 9.17) is 4.42 Å². The highest BCUT2D eigenvalue weighted by Crippen LogP contribution is 2.29. The van der Waals surface area contributed by atoms with Crippen molar-refractivity contribution in [2.45, 2.75) is 31.8 Å². The zero-order valence-corrected chi connectivity index (χ0v) is 12.3. The number of hydrogen-bond acceptors (Lipinski definition) is 4. The minimum absolute atomic E-state index is 0.212. The van der Waals surface area contributed by atoms with Gasteiger partial charge in [-0.15, -0.1) is 0 Å². The van der Waals surface area contributed by atoms with E-state index in [1.54, 1.807) is 12.1 Å². The van der Waals surface area contributed by atoms with E-state index in [1.165, 1.54) is 18.1 Å². The summed E-state index contributed by atoms with van der Waals surface area (Å²) in [5.74, 6) is -0.837. The molecule has 1 aromatic rings. The number of likely N-dealkylation sites (tertiary alicyclic amines) is 1. The quantitative estimate of drug-likeness (QED) is 0.735. The van der Waals surface area contributed by atoms with Crippen LogP contribution in [-0.2, 0) is 16.1 Å². The molecule has 1 saturated heterocycles. The number of carboxylic acid groups (broad SMARTS) is 1. The second-order valence-corrected chi connectivity index (χ2v) is 5.34. The predicted octanol–water partition coefficient (Wildman–Crippen LogP) is 0.545. The molecular weight excluding hydrogens is 290 g/mol. The topological polar surface area (TPSA) is 112 Å². The average Bonchev–Trinajstić information content (AvgIpc) is 3.12. The number of amides is 3. The van der Waals surface area contributed by atoms with E-state index in [0.29, 0.717) is 25.1 Å². The molecule has 8 nitrogen and oxygen atoms in total. The number of urea groups is 1. The molecule has 1 fully saturated rings. The summed E-state index contributed by atoms with van der Waals surface area (Å²) in [6.45, 7) is 1.88. The summed E-state index contributed by atoms with van der Waals surface area (Å²) < 4.78 is 5.06. The highest BCUT2D eigenvalue weighted by molar-refractivity contribution is 5.90. The summed E-state index contributed by atoms with van der Waals surface area (Å²) >= 11 is 0. The van der Waals surface area contributed by atoms with Gasteiger partial charge in [0.1, 0.15) is 11.3 Å². The molecule has 1 aliphatic heterocycles. The van der Waals surface area contributed by atoms with Gasteiger partial charge in [0.25, 0.3) is 0 Å². The molecule has 1 unspecified atom stereocenters. The molecule has 3 amide bonds. The summed E-state index contributed by atoms with van der Waals surface area (Å²) in [4.78, 5) is 36.3. The standard InChI is InChI=1S/C14H19N3O5/c1-14(12(19)20)5-3-6-17(14)11(18)9-16-13(21)15-8-10-4-2-7-22-10/h2,4,7H,3,5-6,8-9H2,1H3,(H,19,20)(H2,15,16,21). The third-order valence-electron chi connectivity index (χ3n) is 3.81. The third-order valence-corrected chi connectivity index (χ3v) is 3.81. The Balaban J connectivity index is 1.79. The van der Waals surface area contributed by atoms with Crippen molar-refractivity contribution in [3.63, 3.8) is 0 Å². The molecular formula is C14H19N3O5. The van der Waals surface area contributed by atoms with Crippen LogP contribution in [0.3, 0.4) is 0 Å². The SMILES string of the molecule is CC1(C(=O)O)CCCN1C(=O)CNC(=O)NCc1ccco1. The van der Waals surface area contributed by atoms with Gasteiger partial charge in [0, 0.05) is 6.54 Å². The van der Waals surface area contributed by atoms with Gasteiger partial charge in [0.15, 0.2) is 0 Å². The zero-order valence-electron chi connectivity index (χ0n) is 12.3. The van der Waals surface area contributed by atoms with Crippen molar-refractivity contribution in [1.29, 1.82) is 0 Å². The number of carbonyl (C=O) groups is 3. The fourth-order valence-electron chi connectivity index (χ4n) is 2.48. The van der Waals surface area contributed by atoms with Gasteiger partial charge in [-0.25, -0.2) is 9.59 Å². The number of aliphatic carboxylic acids is 1. The highest BCUT2D eigenvalue weighted by Gasteiger charge is 2.45. The van der Waals surface area contributed by atoms with Crippen LogP contribution in [0.15, 0.2) is 22.8 Å². The second kappa shape index (κ2) is 6.50. The molecule has 0 aromatic carbocycles. The van der Waals surface area contributed by atoms with Gasteiger partial charge < -0.3 is 25.1 Å². The molecule has 1 atom stereocenters.